The molecule has 0 radical (unpaired) electrons. The Bertz CT molecular complexity index is 1390. The zero-order chi connectivity index (χ0) is 20.9. The number of thioether (sulfide) groups is 1. The summed E-state index contributed by atoms with van der Waals surface area (Å²) in [4.78, 5) is 10.1. The van der Waals surface area contributed by atoms with Gasteiger partial charge in [0.25, 0.3) is 0 Å². The fraction of sp³-hybridized carbons (Fsp3) is 0.286. The highest BCUT2D eigenvalue weighted by atomic mass is 35.5. The highest BCUT2D eigenvalue weighted by Crippen LogP contribution is 2.54. The second-order valence-corrected chi connectivity index (χ2v) is 9.83. The Balaban J connectivity index is 1.21. The molecular weight excluding hydrogens is 450 g/mol. The Morgan fingerprint density at radius 3 is 2.87 bits per heavy atom. The maximum atomic E-state index is 6.03. The SMILES string of the molecule is CCn1c(SCc2nc3c4ccsc4ncn3n2)nnc1C1CC1c1ccc(Cl)cc1. The zero-order valence-corrected chi connectivity index (χ0v) is 19.0. The van der Waals surface area contributed by atoms with Gasteiger partial charge in [0.2, 0.25) is 0 Å². The topological polar surface area (TPSA) is 73.8 Å². The van der Waals surface area contributed by atoms with E-state index in [9.17, 15) is 0 Å². The van der Waals surface area contributed by atoms with Crippen LogP contribution in [0.1, 0.15) is 42.4 Å². The molecule has 1 aliphatic carbocycles. The fourth-order valence-corrected chi connectivity index (χ4v) is 5.75. The predicted octanol–water partition coefficient (Wildman–Crippen LogP) is 5.17. The molecule has 2 atom stereocenters. The van der Waals surface area contributed by atoms with Crippen LogP contribution in [0.25, 0.3) is 15.9 Å². The number of hydrogen-bond acceptors (Lipinski definition) is 7. The smallest absolute Gasteiger partial charge is 0.191 e. The molecule has 0 bridgehead atoms. The minimum atomic E-state index is 0.411. The predicted molar refractivity (Wildman–Crippen MR) is 123 cm³/mol. The summed E-state index contributed by atoms with van der Waals surface area (Å²) in [5.74, 6) is 3.37. The molecule has 156 valence electrons. The number of nitrogens with zero attached hydrogens (tertiary/aromatic N) is 7. The lowest BCUT2D eigenvalue weighted by molar-refractivity contribution is 0.640. The van der Waals surface area contributed by atoms with Gasteiger partial charge in [-0.15, -0.1) is 26.6 Å². The van der Waals surface area contributed by atoms with Gasteiger partial charge in [0, 0.05) is 17.5 Å². The first-order valence-corrected chi connectivity index (χ1v) is 12.3. The van der Waals surface area contributed by atoms with Crippen molar-refractivity contribution in [3.63, 3.8) is 0 Å². The van der Waals surface area contributed by atoms with E-state index in [1.807, 2.05) is 23.6 Å². The molecule has 1 aromatic carbocycles. The first kappa shape index (κ1) is 19.2. The van der Waals surface area contributed by atoms with Crippen molar-refractivity contribution in [3.8, 4) is 0 Å². The highest BCUT2D eigenvalue weighted by Gasteiger charge is 2.43. The van der Waals surface area contributed by atoms with E-state index in [0.717, 1.165) is 50.7 Å². The van der Waals surface area contributed by atoms with Crippen molar-refractivity contribution < 1.29 is 0 Å². The van der Waals surface area contributed by atoms with E-state index in [1.54, 1.807) is 33.9 Å². The Morgan fingerprint density at radius 1 is 1.16 bits per heavy atom. The van der Waals surface area contributed by atoms with Gasteiger partial charge < -0.3 is 4.57 Å². The van der Waals surface area contributed by atoms with Gasteiger partial charge in [-0.1, -0.05) is 35.5 Å². The van der Waals surface area contributed by atoms with Crippen LogP contribution in [0.2, 0.25) is 5.02 Å². The summed E-state index contributed by atoms with van der Waals surface area (Å²) in [6, 6.07) is 10.2. The second-order valence-electron chi connectivity index (χ2n) is 7.55. The molecule has 10 heteroatoms. The third-order valence-corrected chi connectivity index (χ3v) is 7.69. The van der Waals surface area contributed by atoms with E-state index in [0.29, 0.717) is 17.6 Å². The molecular formula is C21H18ClN7S2. The number of benzene rings is 1. The minimum Gasteiger partial charge on any atom is -0.306 e. The van der Waals surface area contributed by atoms with Crippen molar-refractivity contribution in [1.82, 2.24) is 34.3 Å². The van der Waals surface area contributed by atoms with Gasteiger partial charge >= 0.3 is 0 Å². The number of fused-ring (bicyclic) bond motifs is 3. The molecule has 0 aliphatic heterocycles. The maximum Gasteiger partial charge on any atom is 0.191 e. The maximum absolute atomic E-state index is 6.03. The molecule has 1 aliphatic rings. The molecule has 4 aromatic heterocycles. The molecule has 5 aromatic rings. The summed E-state index contributed by atoms with van der Waals surface area (Å²) >= 11 is 9.27. The normalized spacial score (nSPS) is 18.3. The molecule has 31 heavy (non-hydrogen) atoms. The van der Waals surface area contributed by atoms with Crippen LogP contribution >= 0.6 is 34.7 Å². The van der Waals surface area contributed by atoms with Crippen LogP contribution in [0.4, 0.5) is 0 Å². The average Bonchev–Trinajstić information content (AvgIpc) is 3.13. The van der Waals surface area contributed by atoms with E-state index in [4.69, 9.17) is 16.6 Å². The largest absolute Gasteiger partial charge is 0.306 e. The highest BCUT2D eigenvalue weighted by molar-refractivity contribution is 7.98. The molecule has 1 fully saturated rings. The van der Waals surface area contributed by atoms with Crippen molar-refractivity contribution in [2.24, 2.45) is 0 Å². The zero-order valence-electron chi connectivity index (χ0n) is 16.6. The van der Waals surface area contributed by atoms with Crippen molar-refractivity contribution >= 4 is 50.6 Å². The molecule has 7 nitrogen and oxygen atoms in total. The molecule has 0 saturated heterocycles. The van der Waals surface area contributed by atoms with Crippen LogP contribution in [0.5, 0.6) is 0 Å². The number of hydrogen-bond donors (Lipinski definition) is 0. The van der Waals surface area contributed by atoms with Gasteiger partial charge in [0.15, 0.2) is 16.6 Å². The molecule has 6 rings (SSSR count). The van der Waals surface area contributed by atoms with Crippen LogP contribution in [0, 0.1) is 0 Å². The van der Waals surface area contributed by atoms with Crippen molar-refractivity contribution in [1.29, 1.82) is 0 Å². The summed E-state index contributed by atoms with van der Waals surface area (Å²) in [6.07, 6.45) is 2.83. The summed E-state index contributed by atoms with van der Waals surface area (Å²) in [5, 5.41) is 18.4. The molecule has 1 saturated carbocycles. The van der Waals surface area contributed by atoms with E-state index in [-0.39, 0.29) is 0 Å². The van der Waals surface area contributed by atoms with Crippen molar-refractivity contribution in [3.05, 3.63) is 64.3 Å². The second kappa shape index (κ2) is 7.58. The molecule has 0 N–H and O–H groups in total. The van der Waals surface area contributed by atoms with Crippen LogP contribution in [-0.2, 0) is 12.3 Å². The van der Waals surface area contributed by atoms with Gasteiger partial charge in [-0.2, -0.15) is 0 Å². The Hall–Kier alpha value is -2.49. The van der Waals surface area contributed by atoms with Gasteiger partial charge in [-0.25, -0.2) is 14.5 Å². The molecule has 0 spiro atoms. The van der Waals surface area contributed by atoms with Gasteiger partial charge in [-0.05, 0) is 48.4 Å². The Labute approximate surface area is 191 Å². The third kappa shape index (κ3) is 3.40. The summed E-state index contributed by atoms with van der Waals surface area (Å²) in [6.45, 7) is 2.98. The summed E-state index contributed by atoms with van der Waals surface area (Å²) in [5.41, 5.74) is 2.17. The number of aromatic nitrogens is 7. The fourth-order valence-electron chi connectivity index (χ4n) is 4.04. The van der Waals surface area contributed by atoms with Gasteiger partial charge in [0.1, 0.15) is 17.0 Å². The lowest BCUT2D eigenvalue weighted by atomic mass is 10.1. The molecule has 4 heterocycles. The monoisotopic (exact) mass is 467 g/mol. The quantitative estimate of drug-likeness (QED) is 0.321. The minimum absolute atomic E-state index is 0.411. The number of thiophene rings is 1. The first-order chi connectivity index (χ1) is 15.2. The first-order valence-electron chi connectivity index (χ1n) is 10.1. The number of halogens is 1. The molecule has 2 unspecified atom stereocenters. The number of rotatable bonds is 6. The van der Waals surface area contributed by atoms with Gasteiger partial charge in [0.05, 0.1) is 11.1 Å². The van der Waals surface area contributed by atoms with Crippen LogP contribution in [-0.4, -0.2) is 34.3 Å². The third-order valence-electron chi connectivity index (χ3n) is 5.66. The lowest BCUT2D eigenvalue weighted by Gasteiger charge is -2.06. The molecule has 0 amide bonds. The van der Waals surface area contributed by atoms with E-state index in [1.165, 1.54) is 5.56 Å². The van der Waals surface area contributed by atoms with E-state index >= 15 is 0 Å². The van der Waals surface area contributed by atoms with E-state index in [2.05, 4.69) is 43.9 Å². The average molecular weight is 468 g/mol. The van der Waals surface area contributed by atoms with Crippen LogP contribution in [0.15, 0.2) is 47.2 Å². The van der Waals surface area contributed by atoms with Gasteiger partial charge in [-0.3, -0.25) is 0 Å². The Kier molecular flexibility index (Phi) is 4.70. The standard InChI is InChI=1S/C21H18ClN7S2/c1-2-28-19(16-9-15(16)12-3-5-13(22)6-4-12)25-26-21(28)31-10-17-24-18-14-7-8-30-20(14)23-11-29(18)27-17/h3-8,11,15-16H,2,9-10H2,1H3. The van der Waals surface area contributed by atoms with E-state index < -0.39 is 0 Å². The Morgan fingerprint density at radius 2 is 2.03 bits per heavy atom. The summed E-state index contributed by atoms with van der Waals surface area (Å²) in [7, 11) is 0. The van der Waals surface area contributed by atoms with Crippen LogP contribution < -0.4 is 0 Å². The van der Waals surface area contributed by atoms with Crippen molar-refractivity contribution in [2.45, 2.75) is 42.6 Å². The lowest BCUT2D eigenvalue weighted by Crippen LogP contribution is -2.03. The van der Waals surface area contributed by atoms with Crippen LogP contribution in [0.3, 0.4) is 0 Å². The summed E-state index contributed by atoms with van der Waals surface area (Å²) < 4.78 is 3.97. The van der Waals surface area contributed by atoms with Crippen molar-refractivity contribution in [2.75, 3.05) is 0 Å².